The second-order valence-corrected chi connectivity index (χ2v) is 6.93. The van der Waals surface area contributed by atoms with Gasteiger partial charge in [-0.05, 0) is 11.5 Å². The van der Waals surface area contributed by atoms with Crippen molar-refractivity contribution in [3.8, 4) is 0 Å². The summed E-state index contributed by atoms with van der Waals surface area (Å²) in [6, 6.07) is 8.40. The van der Waals surface area contributed by atoms with Crippen LogP contribution in [0.4, 0.5) is 0 Å². The molecule has 0 amide bonds. The number of aromatic nitrogens is 2. The maximum absolute atomic E-state index is 12.2. The van der Waals surface area contributed by atoms with Gasteiger partial charge in [0.25, 0.3) is 0 Å². The van der Waals surface area contributed by atoms with Gasteiger partial charge >= 0.3 is 5.22 Å². The van der Waals surface area contributed by atoms with Crippen LogP contribution in [-0.4, -0.2) is 18.6 Å². The number of rotatable bonds is 6. The lowest BCUT2D eigenvalue weighted by Gasteiger charge is -2.13. The Balaban J connectivity index is 2.20. The first-order chi connectivity index (χ1) is 9.94. The van der Waals surface area contributed by atoms with Crippen LogP contribution in [-0.2, 0) is 15.6 Å². The van der Waals surface area contributed by atoms with E-state index in [2.05, 4.69) is 10.2 Å². The van der Waals surface area contributed by atoms with Crippen LogP contribution >= 0.6 is 0 Å². The molecule has 0 aliphatic carbocycles. The molecule has 0 saturated carbocycles. The zero-order valence-electron chi connectivity index (χ0n) is 12.1. The molecule has 0 radical (unpaired) electrons. The second-order valence-electron chi connectivity index (χ2n) is 5.06. The van der Waals surface area contributed by atoms with Crippen molar-refractivity contribution >= 4 is 9.84 Å². The lowest BCUT2D eigenvalue weighted by molar-refractivity contribution is 0.327. The van der Waals surface area contributed by atoms with Gasteiger partial charge in [0.05, 0.1) is 11.8 Å². The summed E-state index contributed by atoms with van der Waals surface area (Å²) in [5.74, 6) is 0.125. The standard InChI is InChI=1S/C14H19N3O3S/c1-3-10(2)12(15)13-16-17-14(20-13)21(18,19)9-11-7-5-4-6-8-11/h4-8,10,12H,3,9,15H2,1-2H3/t10-,12+/m1/s1. The summed E-state index contributed by atoms with van der Waals surface area (Å²) in [7, 11) is -3.65. The molecule has 1 heterocycles. The molecule has 1 aromatic heterocycles. The summed E-state index contributed by atoms with van der Waals surface area (Å²) < 4.78 is 29.7. The van der Waals surface area contributed by atoms with Crippen molar-refractivity contribution in [2.45, 2.75) is 37.3 Å². The Morgan fingerprint density at radius 2 is 1.90 bits per heavy atom. The summed E-state index contributed by atoms with van der Waals surface area (Å²) in [5.41, 5.74) is 6.64. The molecule has 6 nitrogen and oxygen atoms in total. The van der Waals surface area contributed by atoms with Gasteiger partial charge < -0.3 is 10.2 Å². The van der Waals surface area contributed by atoms with Crippen LogP contribution in [0.3, 0.4) is 0 Å². The number of sulfone groups is 1. The molecule has 2 atom stereocenters. The van der Waals surface area contributed by atoms with Crippen molar-refractivity contribution in [1.29, 1.82) is 0 Å². The fraction of sp³-hybridized carbons (Fsp3) is 0.429. The average Bonchev–Trinajstić information content (AvgIpc) is 2.97. The molecule has 1 aromatic carbocycles. The fourth-order valence-electron chi connectivity index (χ4n) is 1.83. The highest BCUT2D eigenvalue weighted by Gasteiger charge is 2.26. The molecule has 2 aromatic rings. The normalized spacial score (nSPS) is 14.8. The van der Waals surface area contributed by atoms with Crippen molar-refractivity contribution in [3.63, 3.8) is 0 Å². The first kappa shape index (κ1) is 15.7. The van der Waals surface area contributed by atoms with E-state index in [0.717, 1.165) is 6.42 Å². The lowest BCUT2D eigenvalue weighted by Crippen LogP contribution is -2.18. The third kappa shape index (κ3) is 3.68. The predicted molar refractivity (Wildman–Crippen MR) is 78.0 cm³/mol. The monoisotopic (exact) mass is 309 g/mol. The maximum Gasteiger partial charge on any atom is 0.335 e. The topological polar surface area (TPSA) is 99.1 Å². The Kier molecular flexibility index (Phi) is 4.74. The van der Waals surface area contributed by atoms with Gasteiger partial charge in [-0.3, -0.25) is 0 Å². The van der Waals surface area contributed by atoms with Gasteiger partial charge in [0, 0.05) is 0 Å². The zero-order valence-corrected chi connectivity index (χ0v) is 12.9. The van der Waals surface area contributed by atoms with E-state index >= 15 is 0 Å². The van der Waals surface area contributed by atoms with Crippen molar-refractivity contribution in [2.24, 2.45) is 11.7 Å². The van der Waals surface area contributed by atoms with Gasteiger partial charge in [-0.25, -0.2) is 8.42 Å². The number of nitrogens with zero attached hydrogens (tertiary/aromatic N) is 2. The molecule has 0 fully saturated rings. The molecular formula is C14H19N3O3S. The van der Waals surface area contributed by atoms with Gasteiger partial charge in [0.15, 0.2) is 0 Å². The van der Waals surface area contributed by atoms with E-state index in [1.54, 1.807) is 24.3 Å². The molecule has 21 heavy (non-hydrogen) atoms. The van der Waals surface area contributed by atoms with E-state index in [4.69, 9.17) is 10.2 Å². The van der Waals surface area contributed by atoms with E-state index in [-0.39, 0.29) is 22.8 Å². The van der Waals surface area contributed by atoms with Crippen molar-refractivity contribution in [2.75, 3.05) is 0 Å². The summed E-state index contributed by atoms with van der Waals surface area (Å²) in [4.78, 5) is 0. The van der Waals surface area contributed by atoms with Gasteiger partial charge in [-0.2, -0.15) is 0 Å². The molecule has 2 rings (SSSR count). The van der Waals surface area contributed by atoms with Gasteiger partial charge in [0.2, 0.25) is 15.7 Å². The van der Waals surface area contributed by atoms with Crippen LogP contribution in [0.15, 0.2) is 40.0 Å². The highest BCUT2D eigenvalue weighted by molar-refractivity contribution is 7.90. The van der Waals surface area contributed by atoms with Crippen LogP contribution in [0.1, 0.15) is 37.8 Å². The van der Waals surface area contributed by atoms with Crippen LogP contribution in [0, 0.1) is 5.92 Å². The number of benzene rings is 1. The van der Waals surface area contributed by atoms with Gasteiger partial charge in [0.1, 0.15) is 0 Å². The van der Waals surface area contributed by atoms with Crippen molar-refractivity contribution < 1.29 is 12.8 Å². The van der Waals surface area contributed by atoms with E-state index in [1.807, 2.05) is 19.9 Å². The second kappa shape index (κ2) is 6.36. The molecule has 114 valence electrons. The van der Waals surface area contributed by atoms with Crippen LogP contribution in [0.5, 0.6) is 0 Å². The number of hydrogen-bond acceptors (Lipinski definition) is 6. The highest BCUT2D eigenvalue weighted by atomic mass is 32.2. The number of nitrogens with two attached hydrogens (primary N) is 1. The quantitative estimate of drug-likeness (QED) is 0.877. The molecule has 0 aliphatic heterocycles. The third-order valence-corrected chi connectivity index (χ3v) is 4.84. The summed E-state index contributed by atoms with van der Waals surface area (Å²) in [5, 5.41) is 7.03. The largest absolute Gasteiger partial charge is 0.411 e. The molecule has 0 aliphatic rings. The minimum Gasteiger partial charge on any atom is -0.411 e. The zero-order chi connectivity index (χ0) is 15.5. The maximum atomic E-state index is 12.2. The minimum atomic E-state index is -3.65. The van der Waals surface area contributed by atoms with Crippen molar-refractivity contribution in [1.82, 2.24) is 10.2 Å². The minimum absolute atomic E-state index is 0.134. The Morgan fingerprint density at radius 3 is 2.52 bits per heavy atom. The molecule has 0 bridgehead atoms. The molecule has 2 N–H and O–H groups in total. The molecule has 0 spiro atoms. The van der Waals surface area contributed by atoms with Crippen LogP contribution in [0.25, 0.3) is 0 Å². The highest BCUT2D eigenvalue weighted by Crippen LogP contribution is 2.23. The first-order valence-electron chi connectivity index (χ1n) is 6.79. The van der Waals surface area contributed by atoms with Crippen molar-refractivity contribution in [3.05, 3.63) is 41.8 Å². The Bertz CT molecular complexity index is 682. The predicted octanol–water partition coefficient (Wildman–Crippen LogP) is 2.09. The summed E-state index contributed by atoms with van der Waals surface area (Å²) in [6.45, 7) is 3.95. The summed E-state index contributed by atoms with van der Waals surface area (Å²) >= 11 is 0. The number of hydrogen-bond donors (Lipinski definition) is 1. The Labute approximate surface area is 124 Å². The van der Waals surface area contributed by atoms with Crippen LogP contribution in [0.2, 0.25) is 0 Å². The van der Waals surface area contributed by atoms with E-state index < -0.39 is 15.9 Å². The van der Waals surface area contributed by atoms with E-state index in [0.29, 0.717) is 5.56 Å². The Hall–Kier alpha value is -1.73. The SMILES string of the molecule is CC[C@@H](C)[C@H](N)c1nnc(S(=O)(=O)Cc2ccccc2)o1. The fourth-order valence-corrected chi connectivity index (χ4v) is 2.97. The first-order valence-corrected chi connectivity index (χ1v) is 8.45. The molecule has 0 unspecified atom stereocenters. The molecule has 0 saturated heterocycles. The van der Waals surface area contributed by atoms with Gasteiger partial charge in [-0.1, -0.05) is 55.7 Å². The smallest absolute Gasteiger partial charge is 0.335 e. The van der Waals surface area contributed by atoms with Crippen LogP contribution < -0.4 is 5.73 Å². The van der Waals surface area contributed by atoms with Gasteiger partial charge in [-0.15, -0.1) is 5.10 Å². The van der Waals surface area contributed by atoms with E-state index in [9.17, 15) is 8.42 Å². The summed E-state index contributed by atoms with van der Waals surface area (Å²) in [6.07, 6.45) is 0.843. The Morgan fingerprint density at radius 1 is 1.24 bits per heavy atom. The molecular weight excluding hydrogens is 290 g/mol. The lowest BCUT2D eigenvalue weighted by atomic mass is 10.0. The third-order valence-electron chi connectivity index (χ3n) is 3.43. The molecule has 7 heteroatoms. The average molecular weight is 309 g/mol. The van der Waals surface area contributed by atoms with E-state index in [1.165, 1.54) is 0 Å².